The highest BCUT2D eigenvalue weighted by atomic mass is 16.4. The van der Waals surface area contributed by atoms with Crippen LogP contribution in [0.15, 0.2) is 90.9 Å². The van der Waals surface area contributed by atoms with Crippen LogP contribution in [-0.2, 0) is 5.41 Å². The van der Waals surface area contributed by atoms with Gasteiger partial charge in [-0.05, 0) is 86.7 Å². The van der Waals surface area contributed by atoms with Crippen LogP contribution in [0.4, 0.5) is 0 Å². The lowest BCUT2D eigenvalue weighted by Crippen LogP contribution is -2.16. The van der Waals surface area contributed by atoms with E-state index in [0.29, 0.717) is 23.0 Å². The topological polar surface area (TPSA) is 86.7 Å². The lowest BCUT2D eigenvalue weighted by molar-refractivity contribution is 0.101. The van der Waals surface area contributed by atoms with Crippen molar-refractivity contribution in [2.24, 2.45) is 0 Å². The van der Waals surface area contributed by atoms with Crippen molar-refractivity contribution in [1.82, 2.24) is 0 Å². The Kier molecular flexibility index (Phi) is 5.45. The van der Waals surface area contributed by atoms with Gasteiger partial charge in [-0.25, -0.2) is 0 Å². The molecule has 0 amide bonds. The molecule has 0 aliphatic heterocycles. The minimum atomic E-state index is -0.561. The van der Waals surface area contributed by atoms with Crippen LogP contribution in [0.25, 0.3) is 12.2 Å². The molecule has 31 heavy (non-hydrogen) atoms. The van der Waals surface area contributed by atoms with Crippen molar-refractivity contribution >= 4 is 23.7 Å². The van der Waals surface area contributed by atoms with Gasteiger partial charge in [-0.2, -0.15) is 0 Å². The molecular formula is C25H20O6. The smallest absolute Gasteiger partial charge is 0.221 e. The summed E-state index contributed by atoms with van der Waals surface area (Å²) in [6, 6.07) is 13.8. The molecular weight excluding hydrogens is 396 g/mol. The Bertz CT molecular complexity index is 1130. The van der Waals surface area contributed by atoms with E-state index in [-0.39, 0.29) is 23.1 Å². The Morgan fingerprint density at radius 1 is 0.710 bits per heavy atom. The van der Waals surface area contributed by atoms with Crippen molar-refractivity contribution in [3.8, 4) is 0 Å². The normalized spacial score (nSPS) is 12.2. The molecule has 0 saturated heterocycles. The first-order valence-corrected chi connectivity index (χ1v) is 9.66. The van der Waals surface area contributed by atoms with E-state index < -0.39 is 5.41 Å². The van der Waals surface area contributed by atoms with E-state index in [2.05, 4.69) is 0 Å². The maximum absolute atomic E-state index is 12.0. The quantitative estimate of drug-likeness (QED) is 0.252. The van der Waals surface area contributed by atoms with E-state index in [1.165, 1.54) is 24.7 Å². The van der Waals surface area contributed by atoms with Crippen LogP contribution >= 0.6 is 0 Å². The van der Waals surface area contributed by atoms with Gasteiger partial charge < -0.3 is 17.7 Å². The Morgan fingerprint density at radius 3 is 1.55 bits per heavy atom. The van der Waals surface area contributed by atoms with E-state index in [1.54, 1.807) is 48.6 Å². The summed E-state index contributed by atoms with van der Waals surface area (Å²) in [4.78, 5) is 24.0. The molecule has 6 nitrogen and oxygen atoms in total. The fraction of sp³-hybridized carbons (Fsp3) is 0.120. The van der Waals surface area contributed by atoms with E-state index in [9.17, 15) is 9.59 Å². The van der Waals surface area contributed by atoms with Crippen molar-refractivity contribution < 1.29 is 27.3 Å². The molecule has 0 spiro atoms. The van der Waals surface area contributed by atoms with Gasteiger partial charge in [-0.15, -0.1) is 0 Å². The fourth-order valence-corrected chi connectivity index (χ4v) is 3.00. The minimum absolute atomic E-state index is 0.242. The van der Waals surface area contributed by atoms with Gasteiger partial charge in [0.05, 0.1) is 17.9 Å². The van der Waals surface area contributed by atoms with Gasteiger partial charge in [0.1, 0.15) is 23.0 Å². The van der Waals surface area contributed by atoms with Crippen LogP contribution < -0.4 is 0 Å². The summed E-state index contributed by atoms with van der Waals surface area (Å²) in [6.07, 6.45) is 8.91. The van der Waals surface area contributed by atoms with E-state index in [4.69, 9.17) is 17.7 Å². The molecule has 0 aromatic carbocycles. The number of furan rings is 4. The van der Waals surface area contributed by atoms with Crippen LogP contribution in [0, 0.1) is 0 Å². The van der Waals surface area contributed by atoms with Crippen molar-refractivity contribution in [3.63, 3.8) is 0 Å². The van der Waals surface area contributed by atoms with Gasteiger partial charge in [0, 0.05) is 0 Å². The van der Waals surface area contributed by atoms with Gasteiger partial charge in [0.15, 0.2) is 11.5 Å². The largest absolute Gasteiger partial charge is 0.461 e. The van der Waals surface area contributed by atoms with Gasteiger partial charge >= 0.3 is 0 Å². The number of hydrogen-bond acceptors (Lipinski definition) is 6. The minimum Gasteiger partial charge on any atom is -0.461 e. The predicted octanol–water partition coefficient (Wildman–Crippen LogP) is 6.18. The van der Waals surface area contributed by atoms with Crippen molar-refractivity contribution in [1.29, 1.82) is 0 Å². The summed E-state index contributed by atoms with van der Waals surface area (Å²) in [7, 11) is 0. The average Bonchev–Trinajstić information content (AvgIpc) is 3.58. The molecule has 0 bridgehead atoms. The first-order chi connectivity index (χ1) is 14.9. The average molecular weight is 416 g/mol. The lowest BCUT2D eigenvalue weighted by atomic mass is 9.87. The molecule has 0 saturated carbocycles. The number of ketones is 2. The van der Waals surface area contributed by atoms with Gasteiger partial charge in [-0.3, -0.25) is 9.59 Å². The SMILES string of the molecule is CC(C)(c1ccc(/C=C/C(=O)c2ccco2)o1)c1ccc(/C=C/C(=O)c2ccco2)o1. The van der Waals surface area contributed by atoms with E-state index >= 15 is 0 Å². The summed E-state index contributed by atoms with van der Waals surface area (Å²) >= 11 is 0. The van der Waals surface area contributed by atoms with Gasteiger partial charge in [-0.1, -0.05) is 0 Å². The third kappa shape index (κ3) is 4.43. The number of carbonyl (C=O) groups is 2. The summed E-state index contributed by atoms with van der Waals surface area (Å²) < 4.78 is 22.0. The molecule has 156 valence electrons. The second-order valence-electron chi connectivity index (χ2n) is 7.38. The van der Waals surface area contributed by atoms with Crippen LogP contribution in [0.3, 0.4) is 0 Å². The molecule has 0 radical (unpaired) electrons. The van der Waals surface area contributed by atoms with Crippen molar-refractivity contribution in [2.45, 2.75) is 19.3 Å². The third-order valence-electron chi connectivity index (χ3n) is 4.81. The van der Waals surface area contributed by atoms with E-state index in [1.807, 2.05) is 26.0 Å². The first-order valence-electron chi connectivity index (χ1n) is 9.66. The summed E-state index contributed by atoms with van der Waals surface area (Å²) in [5.74, 6) is 2.48. The monoisotopic (exact) mass is 416 g/mol. The summed E-state index contributed by atoms with van der Waals surface area (Å²) in [5.41, 5.74) is -0.561. The zero-order valence-corrected chi connectivity index (χ0v) is 17.0. The molecule has 0 aliphatic carbocycles. The highest BCUT2D eigenvalue weighted by Crippen LogP contribution is 2.34. The zero-order valence-electron chi connectivity index (χ0n) is 17.0. The van der Waals surface area contributed by atoms with Crippen LogP contribution in [0.1, 0.15) is 58.0 Å². The van der Waals surface area contributed by atoms with Crippen LogP contribution in [-0.4, -0.2) is 11.6 Å². The number of hydrogen-bond donors (Lipinski definition) is 0. The Balaban J connectivity index is 1.46. The maximum atomic E-state index is 12.0. The summed E-state index contributed by atoms with van der Waals surface area (Å²) in [5, 5.41) is 0. The molecule has 4 heterocycles. The molecule has 0 aliphatic rings. The molecule has 4 rings (SSSR count). The lowest BCUT2D eigenvalue weighted by Gasteiger charge is -2.19. The number of allylic oxidation sites excluding steroid dienone is 2. The number of carbonyl (C=O) groups excluding carboxylic acids is 2. The molecule has 4 aromatic heterocycles. The first kappa shape index (κ1) is 20.2. The molecule has 0 fully saturated rings. The van der Waals surface area contributed by atoms with Gasteiger partial charge in [0.25, 0.3) is 0 Å². The molecule has 0 atom stereocenters. The maximum Gasteiger partial charge on any atom is 0.221 e. The second kappa shape index (κ2) is 8.36. The Morgan fingerprint density at radius 2 is 1.16 bits per heavy atom. The third-order valence-corrected chi connectivity index (χ3v) is 4.81. The highest BCUT2D eigenvalue weighted by molar-refractivity contribution is 6.05. The van der Waals surface area contributed by atoms with Crippen LogP contribution in [0.5, 0.6) is 0 Å². The Labute approximate surface area is 178 Å². The van der Waals surface area contributed by atoms with Crippen molar-refractivity contribution in [2.75, 3.05) is 0 Å². The fourth-order valence-electron chi connectivity index (χ4n) is 3.00. The second-order valence-corrected chi connectivity index (χ2v) is 7.38. The van der Waals surface area contributed by atoms with Crippen molar-refractivity contribution in [3.05, 3.63) is 108 Å². The van der Waals surface area contributed by atoms with Crippen LogP contribution in [0.2, 0.25) is 0 Å². The summed E-state index contributed by atoms with van der Waals surface area (Å²) in [6.45, 7) is 3.93. The molecule has 4 aromatic rings. The van der Waals surface area contributed by atoms with E-state index in [0.717, 1.165) is 0 Å². The number of rotatable bonds is 8. The van der Waals surface area contributed by atoms with Gasteiger partial charge in [0.2, 0.25) is 11.6 Å². The molecule has 0 unspecified atom stereocenters. The highest BCUT2D eigenvalue weighted by Gasteiger charge is 2.30. The Hall–Kier alpha value is -4.06. The zero-order chi connectivity index (χ0) is 21.8. The predicted molar refractivity (Wildman–Crippen MR) is 114 cm³/mol. The standard InChI is InChI=1S/C25H20O6/c1-25(2,23-13-9-17(30-23)7-11-19(26)21-5-3-15-28-21)24-14-10-18(31-24)8-12-20(27)22-6-4-16-29-22/h3-16H,1-2H3/b11-7+,12-8+. The molecule has 6 heteroatoms. The molecule has 0 N–H and O–H groups in total.